The second-order valence-corrected chi connectivity index (χ2v) is 23.4. The predicted octanol–water partition coefficient (Wildman–Crippen LogP) is 23.7. The largest absolute Gasteiger partial charge is 0.261 e. The Bertz CT molecular complexity index is 1800. The summed E-state index contributed by atoms with van der Waals surface area (Å²) in [6.07, 6.45) is 9.83. The molecule has 0 aliphatic heterocycles. The third kappa shape index (κ3) is 33.5. The molecule has 0 saturated heterocycles. The van der Waals surface area contributed by atoms with Crippen LogP contribution in [0.5, 0.6) is 0 Å². The number of thiophene rings is 1. The first-order chi connectivity index (χ1) is 32.7. The Morgan fingerprint density at radius 1 is 0.299 bits per heavy atom. The minimum Gasteiger partial charge on any atom is -0.261 e. The van der Waals surface area contributed by atoms with Gasteiger partial charge >= 0.3 is 0 Å². The van der Waals surface area contributed by atoms with Crippen molar-refractivity contribution < 1.29 is 0 Å². The van der Waals surface area contributed by atoms with Crippen molar-refractivity contribution in [2.45, 2.75) is 289 Å². The standard InChI is InChI=1S/C12H18.2C11H17N.C10H16N2.C10H16S.C8H15N3.7CH4/c1-9(2)11-5-7-12(8-6-11)10(3)4;2*1-8(2)10-5-6-11(9(3)4)12-7-10;1-7(2)9-5-11-10(8(3)4)12-6-9;1-7(2)9-5-6-10(11-9)8(3)4;1-6(2)8-5-11(7(3)4)10-9-8;;;;;;;/h5-10H,1-4H3;2*5-9H,1-4H3;5-8H,1-4H3;5-8H,1-4H3;5-7H,1-4H3;7*1H4. The van der Waals surface area contributed by atoms with Crippen LogP contribution in [0.3, 0.4) is 0 Å². The normalized spacial score (nSPS) is 10.2. The molecule has 0 aliphatic rings. The quantitative estimate of drug-likeness (QED) is 0.121. The smallest absolute Gasteiger partial charge is 0.130 e. The molecule has 0 aliphatic carbocycles. The number of hydrogen-bond acceptors (Lipinski definition) is 7. The summed E-state index contributed by atoms with van der Waals surface area (Å²) in [6, 6.07) is 22.5. The highest BCUT2D eigenvalue weighted by atomic mass is 32.1. The van der Waals surface area contributed by atoms with E-state index in [1.165, 1.54) is 49.0 Å². The fourth-order valence-corrected chi connectivity index (χ4v) is 7.22. The van der Waals surface area contributed by atoms with Crippen LogP contribution in [-0.2, 0) is 0 Å². The number of benzene rings is 1. The zero-order valence-corrected chi connectivity index (χ0v) is 49.4. The van der Waals surface area contributed by atoms with Crippen molar-refractivity contribution in [2.75, 3.05) is 0 Å². The van der Waals surface area contributed by atoms with Gasteiger partial charge in [0.1, 0.15) is 5.82 Å². The fourth-order valence-electron chi connectivity index (χ4n) is 6.21. The van der Waals surface area contributed by atoms with E-state index in [2.05, 4.69) is 257 Å². The molecule has 6 aromatic rings. The first kappa shape index (κ1) is 86.3. The van der Waals surface area contributed by atoms with E-state index in [4.69, 9.17) is 0 Å². The Kier molecular flexibility index (Phi) is 49.7. The van der Waals surface area contributed by atoms with Crippen molar-refractivity contribution in [2.24, 2.45) is 0 Å². The van der Waals surface area contributed by atoms with Gasteiger partial charge in [-0.1, -0.05) is 246 Å². The van der Waals surface area contributed by atoms with Gasteiger partial charge in [-0.2, -0.15) is 0 Å². The Balaban J connectivity index is -0.000000150. The molecule has 5 aromatic heterocycles. The van der Waals surface area contributed by atoms with Crippen molar-refractivity contribution in [3.8, 4) is 0 Å². The summed E-state index contributed by atoms with van der Waals surface area (Å²) in [5.41, 5.74) is 10.1. The molecule has 5 heterocycles. The maximum Gasteiger partial charge on any atom is 0.130 e. The van der Waals surface area contributed by atoms with Crippen molar-refractivity contribution >= 4 is 11.3 Å². The highest BCUT2D eigenvalue weighted by Crippen LogP contribution is 2.29. The number of nitrogens with zero attached hydrogens (tertiary/aromatic N) is 7. The van der Waals surface area contributed by atoms with Crippen LogP contribution in [0.15, 0.2) is 91.6 Å². The van der Waals surface area contributed by atoms with E-state index in [0.29, 0.717) is 71.1 Å². The molecule has 6 rings (SSSR count). The minimum absolute atomic E-state index is 0. The summed E-state index contributed by atoms with van der Waals surface area (Å²) < 4.78 is 1.88. The molecule has 444 valence electrons. The van der Waals surface area contributed by atoms with Gasteiger partial charge in [0.2, 0.25) is 0 Å². The predicted molar refractivity (Wildman–Crippen MR) is 354 cm³/mol. The third-order valence-electron chi connectivity index (χ3n) is 11.7. The van der Waals surface area contributed by atoms with Crippen LogP contribution < -0.4 is 0 Å². The third-order valence-corrected chi connectivity index (χ3v) is 13.4. The highest BCUT2D eigenvalue weighted by Gasteiger charge is 2.09. The van der Waals surface area contributed by atoms with Crippen LogP contribution in [0.25, 0.3) is 0 Å². The summed E-state index contributed by atoms with van der Waals surface area (Å²) in [4.78, 5) is 20.4. The van der Waals surface area contributed by atoms with E-state index in [1.54, 1.807) is 0 Å². The Labute approximate surface area is 485 Å². The summed E-state index contributed by atoms with van der Waals surface area (Å²) in [6.45, 7) is 52.2. The number of rotatable bonds is 12. The van der Waals surface area contributed by atoms with Gasteiger partial charge in [0.15, 0.2) is 0 Å². The van der Waals surface area contributed by atoms with Crippen molar-refractivity contribution in [3.05, 3.63) is 152 Å². The lowest BCUT2D eigenvalue weighted by Gasteiger charge is -2.08. The topological polar surface area (TPSA) is 82.3 Å². The van der Waals surface area contributed by atoms with E-state index < -0.39 is 0 Å². The van der Waals surface area contributed by atoms with Crippen LogP contribution in [0.1, 0.15) is 350 Å². The van der Waals surface area contributed by atoms with E-state index in [-0.39, 0.29) is 52.0 Å². The summed E-state index contributed by atoms with van der Waals surface area (Å²) in [5.74, 6) is 7.24. The molecule has 0 N–H and O–H groups in total. The first-order valence-corrected chi connectivity index (χ1v) is 27.3. The summed E-state index contributed by atoms with van der Waals surface area (Å²) >= 11 is 1.95. The van der Waals surface area contributed by atoms with E-state index in [0.717, 1.165) is 11.5 Å². The molecule has 77 heavy (non-hydrogen) atoms. The highest BCUT2D eigenvalue weighted by molar-refractivity contribution is 7.12. The maximum atomic E-state index is 4.40. The second-order valence-electron chi connectivity index (χ2n) is 22.2. The van der Waals surface area contributed by atoms with Gasteiger partial charge in [-0.15, -0.1) is 16.4 Å². The lowest BCUT2D eigenvalue weighted by molar-refractivity contribution is 0.514. The van der Waals surface area contributed by atoms with Gasteiger partial charge in [0.25, 0.3) is 0 Å². The van der Waals surface area contributed by atoms with E-state index >= 15 is 0 Å². The van der Waals surface area contributed by atoms with Gasteiger partial charge in [-0.05, 0) is 125 Å². The Morgan fingerprint density at radius 3 is 0.792 bits per heavy atom. The lowest BCUT2D eigenvalue weighted by Crippen LogP contribution is -2.00. The molecule has 0 spiro atoms. The molecule has 7 nitrogen and oxygen atoms in total. The monoisotopic (exact) mass is 1090 g/mol. The van der Waals surface area contributed by atoms with Gasteiger partial charge in [0, 0.05) is 64.1 Å². The number of aromatic nitrogens is 7. The lowest BCUT2D eigenvalue weighted by atomic mass is 9.97. The fraction of sp³-hybridized carbons (Fsp3) is 0.623. The molecule has 0 atom stereocenters. The number of pyridine rings is 2. The molecular weight excluding hydrogens is 959 g/mol. The van der Waals surface area contributed by atoms with Crippen molar-refractivity contribution in [1.29, 1.82) is 0 Å². The average Bonchev–Trinajstić information content (AvgIpc) is 4.03. The van der Waals surface area contributed by atoms with Crippen molar-refractivity contribution in [1.82, 2.24) is 34.9 Å². The van der Waals surface area contributed by atoms with Gasteiger partial charge in [-0.3, -0.25) is 9.97 Å². The molecule has 0 saturated carbocycles. The average molecular weight is 1090 g/mol. The second kappa shape index (κ2) is 44.3. The van der Waals surface area contributed by atoms with E-state index in [1.807, 2.05) is 47.0 Å². The van der Waals surface area contributed by atoms with Crippen LogP contribution in [0.2, 0.25) is 0 Å². The molecule has 1 aromatic carbocycles. The van der Waals surface area contributed by atoms with Crippen LogP contribution in [-0.4, -0.2) is 34.9 Å². The molecule has 0 amide bonds. The zero-order valence-electron chi connectivity index (χ0n) is 48.6. The Morgan fingerprint density at radius 2 is 0.597 bits per heavy atom. The summed E-state index contributed by atoms with van der Waals surface area (Å²) in [7, 11) is 0. The minimum atomic E-state index is 0. The molecule has 0 radical (unpaired) electrons. The molecule has 0 fully saturated rings. The van der Waals surface area contributed by atoms with Gasteiger partial charge in [0.05, 0.1) is 5.69 Å². The molecule has 0 unspecified atom stereocenters. The molecule has 8 heteroatoms. The Hall–Kier alpha value is -4.56. The summed E-state index contributed by atoms with van der Waals surface area (Å²) in [5, 5.41) is 8.05. The van der Waals surface area contributed by atoms with Crippen LogP contribution >= 0.6 is 11.3 Å². The SMILES string of the molecule is C.C.C.C.C.C.C.CC(C)c1ccc(C(C)C)cc1.CC(C)c1ccc(C(C)C)nc1.CC(C)c1ccc(C(C)C)nc1.CC(C)c1ccc(C(C)C)s1.CC(C)c1cn(C(C)C)nn1.CC(C)c1cnc(C(C)C)nc1. The maximum absolute atomic E-state index is 4.40. The number of hydrogen-bond donors (Lipinski definition) is 0. The molecular formula is C69H127N7S. The first-order valence-electron chi connectivity index (χ1n) is 26.5. The van der Waals surface area contributed by atoms with E-state index in [9.17, 15) is 0 Å². The van der Waals surface area contributed by atoms with Gasteiger partial charge < -0.3 is 0 Å². The van der Waals surface area contributed by atoms with Crippen LogP contribution in [0.4, 0.5) is 0 Å². The zero-order chi connectivity index (χ0) is 53.4. The van der Waals surface area contributed by atoms with Gasteiger partial charge in [-0.25, -0.2) is 14.6 Å². The van der Waals surface area contributed by atoms with Crippen molar-refractivity contribution in [3.63, 3.8) is 0 Å². The van der Waals surface area contributed by atoms with Crippen LogP contribution in [0, 0.1) is 0 Å². The molecule has 0 bridgehead atoms.